The number of nitrogens with one attached hydrogen (secondary N) is 1. The molecule has 2 fully saturated rings. The van der Waals surface area contributed by atoms with Crippen molar-refractivity contribution in [3.63, 3.8) is 0 Å². The molecule has 7 heteroatoms. The van der Waals surface area contributed by atoms with E-state index in [2.05, 4.69) is 5.32 Å². The third-order valence-electron chi connectivity index (χ3n) is 4.50. The SMILES string of the molecule is CC(OC(=O)C1CCC(=O)N1)C(=O)N1CCCC1C(=O)C(C)(C)C. The van der Waals surface area contributed by atoms with Crippen molar-refractivity contribution in [1.29, 1.82) is 0 Å². The second-order valence-electron chi connectivity index (χ2n) is 7.54. The minimum atomic E-state index is -0.969. The van der Waals surface area contributed by atoms with E-state index in [1.54, 1.807) is 0 Å². The summed E-state index contributed by atoms with van der Waals surface area (Å²) in [7, 11) is 0. The van der Waals surface area contributed by atoms with Crippen LogP contribution in [-0.4, -0.2) is 53.2 Å². The Morgan fingerprint density at radius 3 is 2.46 bits per heavy atom. The van der Waals surface area contributed by atoms with E-state index in [1.165, 1.54) is 11.8 Å². The lowest BCUT2D eigenvalue weighted by molar-refractivity contribution is -0.162. The highest BCUT2D eigenvalue weighted by Gasteiger charge is 2.41. The number of carbonyl (C=O) groups excluding carboxylic acids is 4. The topological polar surface area (TPSA) is 92.8 Å². The average molecular weight is 338 g/mol. The third-order valence-corrected chi connectivity index (χ3v) is 4.50. The van der Waals surface area contributed by atoms with E-state index >= 15 is 0 Å². The highest BCUT2D eigenvalue weighted by atomic mass is 16.5. The van der Waals surface area contributed by atoms with Gasteiger partial charge in [-0.1, -0.05) is 20.8 Å². The lowest BCUT2D eigenvalue weighted by Gasteiger charge is -2.30. The number of amides is 2. The van der Waals surface area contributed by atoms with Crippen LogP contribution in [0, 0.1) is 5.41 Å². The highest BCUT2D eigenvalue weighted by Crippen LogP contribution is 2.27. The van der Waals surface area contributed by atoms with E-state index < -0.39 is 29.6 Å². The molecule has 2 aliphatic rings. The Bertz CT molecular complexity index is 552. The van der Waals surface area contributed by atoms with E-state index in [4.69, 9.17) is 4.74 Å². The molecule has 0 aromatic heterocycles. The van der Waals surface area contributed by atoms with E-state index in [0.29, 0.717) is 19.4 Å². The molecule has 0 bridgehead atoms. The van der Waals surface area contributed by atoms with Crippen LogP contribution in [-0.2, 0) is 23.9 Å². The van der Waals surface area contributed by atoms with Gasteiger partial charge in [0, 0.05) is 18.4 Å². The maximum Gasteiger partial charge on any atom is 0.329 e. The number of Topliss-reactive ketones (excluding diaryl/α,β-unsaturated/α-hetero) is 1. The molecule has 2 rings (SSSR count). The predicted molar refractivity (Wildman–Crippen MR) is 85.9 cm³/mol. The molecule has 2 amide bonds. The number of ketones is 1. The van der Waals surface area contributed by atoms with Crippen molar-refractivity contribution in [1.82, 2.24) is 10.2 Å². The molecule has 134 valence electrons. The first-order chi connectivity index (χ1) is 11.1. The summed E-state index contributed by atoms with van der Waals surface area (Å²) in [5.74, 6) is -1.12. The summed E-state index contributed by atoms with van der Waals surface area (Å²) in [5.41, 5.74) is -0.526. The molecule has 0 aliphatic carbocycles. The van der Waals surface area contributed by atoms with Gasteiger partial charge in [0.05, 0.1) is 6.04 Å². The summed E-state index contributed by atoms with van der Waals surface area (Å²) in [4.78, 5) is 49.8. The smallest absolute Gasteiger partial charge is 0.329 e. The molecule has 2 saturated heterocycles. The number of carbonyl (C=O) groups is 4. The molecule has 3 unspecified atom stereocenters. The van der Waals surface area contributed by atoms with Crippen molar-refractivity contribution in [2.24, 2.45) is 5.41 Å². The molecule has 3 atom stereocenters. The highest BCUT2D eigenvalue weighted by molar-refractivity contribution is 5.95. The standard InChI is InChI=1S/C17H26N2O5/c1-10(24-16(23)11-7-8-13(20)18-11)15(22)19-9-5-6-12(19)14(21)17(2,3)4/h10-12H,5-9H2,1-4H3,(H,18,20). The molecule has 7 nitrogen and oxygen atoms in total. The Balaban J connectivity index is 1.98. The van der Waals surface area contributed by atoms with Crippen LogP contribution in [0.2, 0.25) is 0 Å². The van der Waals surface area contributed by atoms with Crippen LogP contribution in [0.1, 0.15) is 53.4 Å². The quantitative estimate of drug-likeness (QED) is 0.766. The monoisotopic (exact) mass is 338 g/mol. The number of hydrogen-bond acceptors (Lipinski definition) is 5. The number of esters is 1. The fraction of sp³-hybridized carbons (Fsp3) is 0.765. The molecule has 0 aromatic rings. The first kappa shape index (κ1) is 18.4. The molecule has 24 heavy (non-hydrogen) atoms. The Kier molecular flexibility index (Phi) is 5.30. The van der Waals surface area contributed by atoms with Gasteiger partial charge in [-0.05, 0) is 26.2 Å². The first-order valence-electron chi connectivity index (χ1n) is 8.46. The second-order valence-corrected chi connectivity index (χ2v) is 7.54. The summed E-state index contributed by atoms with van der Waals surface area (Å²) in [6, 6.07) is -1.14. The van der Waals surface area contributed by atoms with Crippen LogP contribution >= 0.6 is 0 Å². The minimum absolute atomic E-state index is 0.0231. The number of ether oxygens (including phenoxy) is 1. The van der Waals surface area contributed by atoms with Gasteiger partial charge in [0.15, 0.2) is 11.9 Å². The molecular formula is C17H26N2O5. The van der Waals surface area contributed by atoms with Crippen LogP contribution in [0.15, 0.2) is 0 Å². The van der Waals surface area contributed by atoms with E-state index in [9.17, 15) is 19.2 Å². The van der Waals surface area contributed by atoms with Crippen molar-refractivity contribution in [2.45, 2.75) is 71.6 Å². The van der Waals surface area contributed by atoms with E-state index in [0.717, 1.165) is 6.42 Å². The molecule has 0 saturated carbocycles. The van der Waals surface area contributed by atoms with Gasteiger partial charge in [-0.3, -0.25) is 14.4 Å². The van der Waals surface area contributed by atoms with Gasteiger partial charge in [-0.2, -0.15) is 0 Å². The van der Waals surface area contributed by atoms with Crippen molar-refractivity contribution in [2.75, 3.05) is 6.54 Å². The van der Waals surface area contributed by atoms with Gasteiger partial charge in [-0.25, -0.2) is 4.79 Å². The Morgan fingerprint density at radius 1 is 1.25 bits per heavy atom. The summed E-state index contributed by atoms with van der Waals surface area (Å²) >= 11 is 0. The molecule has 1 N–H and O–H groups in total. The molecule has 2 heterocycles. The van der Waals surface area contributed by atoms with E-state index in [1.807, 2.05) is 20.8 Å². The van der Waals surface area contributed by atoms with Gasteiger partial charge >= 0.3 is 5.97 Å². The summed E-state index contributed by atoms with van der Waals surface area (Å²) in [6.07, 6.45) is 1.10. The Hall–Kier alpha value is -1.92. The number of likely N-dealkylation sites (tertiary alicyclic amines) is 1. The van der Waals surface area contributed by atoms with Crippen molar-refractivity contribution in [3.8, 4) is 0 Å². The third kappa shape index (κ3) is 3.94. The average Bonchev–Trinajstić information content (AvgIpc) is 3.13. The van der Waals surface area contributed by atoms with Gasteiger partial charge in [-0.15, -0.1) is 0 Å². The lowest BCUT2D eigenvalue weighted by Crippen LogP contribution is -2.49. The van der Waals surface area contributed by atoms with Gasteiger partial charge in [0.2, 0.25) is 5.91 Å². The zero-order chi connectivity index (χ0) is 18.1. The van der Waals surface area contributed by atoms with Crippen molar-refractivity contribution < 1.29 is 23.9 Å². The molecule has 0 aromatic carbocycles. The molecule has 2 aliphatic heterocycles. The van der Waals surface area contributed by atoms with Gasteiger partial charge in [0.25, 0.3) is 5.91 Å². The molecule has 0 radical (unpaired) electrons. The maximum atomic E-state index is 12.6. The zero-order valence-electron chi connectivity index (χ0n) is 14.8. The number of nitrogens with zero attached hydrogens (tertiary/aromatic N) is 1. The number of hydrogen-bond donors (Lipinski definition) is 1. The Labute approximate surface area is 142 Å². The molecule has 0 spiro atoms. The Morgan fingerprint density at radius 2 is 1.92 bits per heavy atom. The van der Waals surface area contributed by atoms with Crippen LogP contribution in [0.5, 0.6) is 0 Å². The predicted octanol–water partition coefficient (Wildman–Crippen LogP) is 0.803. The normalized spacial score (nSPS) is 25.3. The minimum Gasteiger partial charge on any atom is -0.451 e. The van der Waals surface area contributed by atoms with Crippen molar-refractivity contribution in [3.05, 3.63) is 0 Å². The molecular weight excluding hydrogens is 312 g/mol. The van der Waals surface area contributed by atoms with E-state index in [-0.39, 0.29) is 24.0 Å². The fourth-order valence-corrected chi connectivity index (χ4v) is 3.13. The van der Waals surface area contributed by atoms with Gasteiger partial charge < -0.3 is 15.0 Å². The van der Waals surface area contributed by atoms with Crippen LogP contribution in [0.4, 0.5) is 0 Å². The van der Waals surface area contributed by atoms with Crippen molar-refractivity contribution >= 4 is 23.6 Å². The largest absolute Gasteiger partial charge is 0.451 e. The maximum absolute atomic E-state index is 12.6. The second kappa shape index (κ2) is 6.91. The first-order valence-corrected chi connectivity index (χ1v) is 8.46. The van der Waals surface area contributed by atoms with Crippen LogP contribution in [0.25, 0.3) is 0 Å². The van der Waals surface area contributed by atoms with Crippen LogP contribution in [0.3, 0.4) is 0 Å². The number of rotatable bonds is 4. The summed E-state index contributed by atoms with van der Waals surface area (Å²) in [5, 5.41) is 2.52. The summed E-state index contributed by atoms with van der Waals surface area (Å²) in [6.45, 7) is 7.51. The summed E-state index contributed by atoms with van der Waals surface area (Å²) < 4.78 is 5.21. The fourth-order valence-electron chi connectivity index (χ4n) is 3.13. The van der Waals surface area contributed by atoms with Crippen LogP contribution < -0.4 is 5.32 Å². The lowest BCUT2D eigenvalue weighted by atomic mass is 9.85. The van der Waals surface area contributed by atoms with Gasteiger partial charge in [0.1, 0.15) is 6.04 Å². The zero-order valence-corrected chi connectivity index (χ0v) is 14.8.